The van der Waals surface area contributed by atoms with Gasteiger partial charge < -0.3 is 10.5 Å². The lowest BCUT2D eigenvalue weighted by Crippen LogP contribution is -2.13. The van der Waals surface area contributed by atoms with Crippen molar-refractivity contribution in [2.24, 2.45) is 0 Å². The molecule has 0 radical (unpaired) electrons. The number of carbonyl (C=O) groups is 1. The fraction of sp³-hybridized carbons (Fsp3) is 0.545. The van der Waals surface area contributed by atoms with Gasteiger partial charge in [-0.2, -0.15) is 0 Å². The van der Waals surface area contributed by atoms with Crippen LogP contribution in [0.25, 0.3) is 0 Å². The lowest BCUT2D eigenvalue weighted by molar-refractivity contribution is 0.0600. The maximum absolute atomic E-state index is 11.4. The van der Waals surface area contributed by atoms with Gasteiger partial charge in [0.25, 0.3) is 0 Å². The summed E-state index contributed by atoms with van der Waals surface area (Å²) in [5.74, 6) is 0.395. The molecule has 0 aliphatic carbocycles. The molecule has 16 heavy (non-hydrogen) atoms. The van der Waals surface area contributed by atoms with Gasteiger partial charge in [-0.1, -0.05) is 13.3 Å². The molecule has 0 saturated heterocycles. The highest BCUT2D eigenvalue weighted by Crippen LogP contribution is 2.15. The van der Waals surface area contributed by atoms with Gasteiger partial charge in [0.2, 0.25) is 0 Å². The summed E-state index contributed by atoms with van der Waals surface area (Å²) in [6.07, 6.45) is 2.86. The third-order valence-electron chi connectivity index (χ3n) is 2.31. The fourth-order valence-electron chi connectivity index (χ4n) is 1.46. The highest BCUT2D eigenvalue weighted by Gasteiger charge is 2.16. The first-order chi connectivity index (χ1) is 7.60. The number of aromatic nitrogens is 2. The Morgan fingerprint density at radius 1 is 1.44 bits per heavy atom. The van der Waals surface area contributed by atoms with Crippen molar-refractivity contribution in [1.29, 1.82) is 0 Å². The average molecular weight is 223 g/mol. The lowest BCUT2D eigenvalue weighted by Gasteiger charge is -2.08. The lowest BCUT2D eigenvalue weighted by atomic mass is 10.2. The Kier molecular flexibility index (Phi) is 4.22. The van der Waals surface area contributed by atoms with E-state index in [0.29, 0.717) is 11.5 Å². The SMILES string of the molecule is CCCCc1nc(C)c(C(=O)OC)c(N)n1. The molecule has 0 aliphatic heterocycles. The smallest absolute Gasteiger partial charge is 0.343 e. The van der Waals surface area contributed by atoms with Gasteiger partial charge in [-0.15, -0.1) is 0 Å². The molecule has 0 bridgehead atoms. The fourth-order valence-corrected chi connectivity index (χ4v) is 1.46. The molecular weight excluding hydrogens is 206 g/mol. The van der Waals surface area contributed by atoms with E-state index < -0.39 is 5.97 Å². The molecule has 2 N–H and O–H groups in total. The number of methoxy groups -OCH3 is 1. The first-order valence-electron chi connectivity index (χ1n) is 5.31. The van der Waals surface area contributed by atoms with Crippen molar-refractivity contribution in [2.45, 2.75) is 33.1 Å². The first kappa shape index (κ1) is 12.4. The number of hydrogen-bond acceptors (Lipinski definition) is 5. The number of esters is 1. The molecule has 1 heterocycles. The second kappa shape index (κ2) is 5.44. The summed E-state index contributed by atoms with van der Waals surface area (Å²) < 4.78 is 4.62. The van der Waals surface area contributed by atoms with Crippen molar-refractivity contribution in [3.05, 3.63) is 17.1 Å². The third-order valence-corrected chi connectivity index (χ3v) is 2.31. The Bertz CT molecular complexity index is 368. The molecule has 0 fully saturated rings. The van der Waals surface area contributed by atoms with Gasteiger partial charge in [0.15, 0.2) is 0 Å². The number of nitrogens with two attached hydrogens (primary N) is 1. The minimum Gasteiger partial charge on any atom is -0.465 e. The van der Waals surface area contributed by atoms with Gasteiger partial charge >= 0.3 is 5.97 Å². The Hall–Kier alpha value is -1.65. The summed E-state index contributed by atoms with van der Waals surface area (Å²) >= 11 is 0. The molecule has 0 amide bonds. The van der Waals surface area contributed by atoms with E-state index in [2.05, 4.69) is 21.6 Å². The number of unbranched alkanes of at least 4 members (excludes halogenated alkanes) is 1. The summed E-state index contributed by atoms with van der Waals surface area (Å²) in [7, 11) is 1.31. The highest BCUT2D eigenvalue weighted by molar-refractivity contribution is 5.95. The van der Waals surface area contributed by atoms with Crippen molar-refractivity contribution < 1.29 is 9.53 Å². The molecule has 0 aromatic carbocycles. The molecule has 88 valence electrons. The monoisotopic (exact) mass is 223 g/mol. The third kappa shape index (κ3) is 2.68. The van der Waals surface area contributed by atoms with Crippen molar-refractivity contribution in [2.75, 3.05) is 12.8 Å². The molecule has 0 atom stereocenters. The second-order valence-electron chi connectivity index (χ2n) is 3.58. The maximum atomic E-state index is 11.4. The highest BCUT2D eigenvalue weighted by atomic mass is 16.5. The number of carbonyl (C=O) groups excluding carboxylic acids is 1. The molecule has 1 aromatic heterocycles. The predicted octanol–water partition coefficient (Wildman–Crippen LogP) is 1.50. The van der Waals surface area contributed by atoms with Gasteiger partial charge in [0.1, 0.15) is 17.2 Å². The van der Waals surface area contributed by atoms with Crippen molar-refractivity contribution in [3.63, 3.8) is 0 Å². The van der Waals surface area contributed by atoms with Crippen LogP contribution in [0.15, 0.2) is 0 Å². The van der Waals surface area contributed by atoms with Crippen LogP contribution in [0, 0.1) is 6.92 Å². The molecule has 0 saturated carbocycles. The number of ether oxygens (including phenoxy) is 1. The quantitative estimate of drug-likeness (QED) is 0.782. The molecular formula is C11H17N3O2. The predicted molar refractivity (Wildman–Crippen MR) is 61.1 cm³/mol. The van der Waals surface area contributed by atoms with Crippen molar-refractivity contribution >= 4 is 11.8 Å². The zero-order valence-electron chi connectivity index (χ0n) is 9.91. The normalized spacial score (nSPS) is 10.2. The molecule has 1 aromatic rings. The number of rotatable bonds is 4. The van der Waals surface area contributed by atoms with E-state index in [4.69, 9.17) is 5.73 Å². The summed E-state index contributed by atoms with van der Waals surface area (Å²) in [5, 5.41) is 0. The molecule has 5 nitrogen and oxygen atoms in total. The van der Waals surface area contributed by atoms with Crippen LogP contribution in [-0.4, -0.2) is 23.0 Å². The van der Waals surface area contributed by atoms with Crippen LogP contribution in [0.1, 0.15) is 41.6 Å². The van der Waals surface area contributed by atoms with Gasteiger partial charge in [0, 0.05) is 6.42 Å². The number of hydrogen-bond donors (Lipinski definition) is 1. The maximum Gasteiger partial charge on any atom is 0.343 e. The topological polar surface area (TPSA) is 78.1 Å². The van der Waals surface area contributed by atoms with E-state index in [1.807, 2.05) is 0 Å². The van der Waals surface area contributed by atoms with E-state index in [9.17, 15) is 4.79 Å². The molecule has 5 heteroatoms. The number of nitrogen functional groups attached to an aromatic ring is 1. The average Bonchev–Trinajstić information content (AvgIpc) is 2.25. The Morgan fingerprint density at radius 3 is 2.62 bits per heavy atom. The Morgan fingerprint density at radius 2 is 2.12 bits per heavy atom. The zero-order valence-corrected chi connectivity index (χ0v) is 9.91. The van der Waals surface area contributed by atoms with E-state index in [1.165, 1.54) is 7.11 Å². The molecule has 0 aliphatic rings. The van der Waals surface area contributed by atoms with Gasteiger partial charge in [-0.05, 0) is 13.3 Å². The minimum absolute atomic E-state index is 0.199. The second-order valence-corrected chi connectivity index (χ2v) is 3.58. The van der Waals surface area contributed by atoms with Gasteiger partial charge in [0.05, 0.1) is 12.8 Å². The molecule has 0 spiro atoms. The zero-order chi connectivity index (χ0) is 12.1. The summed E-state index contributed by atoms with van der Waals surface area (Å²) in [5.41, 5.74) is 6.56. The largest absolute Gasteiger partial charge is 0.465 e. The van der Waals surface area contributed by atoms with Gasteiger partial charge in [-0.3, -0.25) is 0 Å². The molecule has 0 unspecified atom stereocenters. The number of nitrogens with zero attached hydrogens (tertiary/aromatic N) is 2. The Balaban J connectivity index is 3.02. The van der Waals surface area contributed by atoms with Crippen LogP contribution in [0.2, 0.25) is 0 Å². The standard InChI is InChI=1S/C11H17N3O2/c1-4-5-6-8-13-7(2)9(10(12)14-8)11(15)16-3/h4-6H2,1-3H3,(H2,12,13,14). The van der Waals surface area contributed by atoms with Crippen LogP contribution in [-0.2, 0) is 11.2 Å². The summed E-state index contributed by atoms with van der Waals surface area (Å²) in [6, 6.07) is 0. The first-order valence-corrected chi connectivity index (χ1v) is 5.31. The summed E-state index contributed by atoms with van der Waals surface area (Å²) in [6.45, 7) is 3.83. The van der Waals surface area contributed by atoms with Crippen LogP contribution in [0.5, 0.6) is 0 Å². The molecule has 1 rings (SSSR count). The van der Waals surface area contributed by atoms with Crippen molar-refractivity contribution in [3.8, 4) is 0 Å². The van der Waals surface area contributed by atoms with Gasteiger partial charge in [-0.25, -0.2) is 14.8 Å². The van der Waals surface area contributed by atoms with E-state index in [1.54, 1.807) is 6.92 Å². The van der Waals surface area contributed by atoms with E-state index in [0.717, 1.165) is 19.3 Å². The van der Waals surface area contributed by atoms with Crippen molar-refractivity contribution in [1.82, 2.24) is 9.97 Å². The van der Waals surface area contributed by atoms with Crippen LogP contribution in [0.4, 0.5) is 5.82 Å². The number of anilines is 1. The van der Waals surface area contributed by atoms with Crippen LogP contribution >= 0.6 is 0 Å². The van der Waals surface area contributed by atoms with Crippen LogP contribution < -0.4 is 5.73 Å². The van der Waals surface area contributed by atoms with E-state index in [-0.39, 0.29) is 11.4 Å². The Labute approximate surface area is 95.0 Å². The van der Waals surface area contributed by atoms with Crippen LogP contribution in [0.3, 0.4) is 0 Å². The number of aryl methyl sites for hydroxylation is 2. The van der Waals surface area contributed by atoms with E-state index >= 15 is 0 Å². The summed E-state index contributed by atoms with van der Waals surface area (Å²) in [4.78, 5) is 19.8. The minimum atomic E-state index is -0.489.